The first kappa shape index (κ1) is 20.2. The fourth-order valence-electron chi connectivity index (χ4n) is 5.28. The van der Waals surface area contributed by atoms with E-state index in [1.165, 1.54) is 12.3 Å². The van der Waals surface area contributed by atoms with Crippen LogP contribution in [-0.2, 0) is 9.53 Å². The van der Waals surface area contributed by atoms with E-state index in [0.717, 1.165) is 25.6 Å². The third-order valence-corrected chi connectivity index (χ3v) is 6.56. The number of fused-ring (bicyclic) bond motifs is 1. The van der Waals surface area contributed by atoms with Crippen LogP contribution in [0.2, 0.25) is 0 Å². The van der Waals surface area contributed by atoms with Gasteiger partial charge >= 0.3 is 0 Å². The van der Waals surface area contributed by atoms with E-state index < -0.39 is 5.82 Å². The van der Waals surface area contributed by atoms with Crippen molar-refractivity contribution in [2.45, 2.75) is 12.8 Å². The van der Waals surface area contributed by atoms with Crippen molar-refractivity contribution in [1.29, 1.82) is 0 Å². The molecular weight excluding hydrogens is 375 g/mol. The smallest absolute Gasteiger partial charge is 0.256 e. The molecule has 0 unspecified atom stereocenters. The molecule has 29 heavy (non-hydrogen) atoms. The van der Waals surface area contributed by atoms with Crippen molar-refractivity contribution in [3.05, 3.63) is 29.8 Å². The molecule has 3 fully saturated rings. The van der Waals surface area contributed by atoms with Crippen LogP contribution in [0.5, 0.6) is 0 Å². The van der Waals surface area contributed by atoms with Gasteiger partial charge in [-0.15, -0.1) is 0 Å². The molecule has 0 aliphatic carbocycles. The average molecular weight is 404 g/mol. The molecule has 2 atom stereocenters. The largest absolute Gasteiger partial charge is 0.381 e. The molecule has 2 amide bonds. The van der Waals surface area contributed by atoms with Gasteiger partial charge in [0.05, 0.1) is 11.8 Å². The number of carbonyl (C=O) groups excluding carboxylic acids is 2. The van der Waals surface area contributed by atoms with E-state index in [4.69, 9.17) is 4.74 Å². The fraction of sp³-hybridized carbons (Fsp3) is 0.667. The van der Waals surface area contributed by atoms with Gasteiger partial charge in [-0.1, -0.05) is 0 Å². The predicted molar refractivity (Wildman–Crippen MR) is 105 cm³/mol. The van der Waals surface area contributed by atoms with Crippen LogP contribution in [0, 0.1) is 23.1 Å². The normalized spacial score (nSPS) is 27.5. The number of amides is 2. The van der Waals surface area contributed by atoms with Gasteiger partial charge in [0.2, 0.25) is 5.91 Å². The van der Waals surface area contributed by atoms with Crippen molar-refractivity contribution in [1.82, 2.24) is 19.7 Å². The predicted octanol–water partition coefficient (Wildman–Crippen LogP) is 1.11. The highest BCUT2D eigenvalue weighted by Gasteiger charge is 2.55. The number of aromatic nitrogens is 1. The standard InChI is InChI=1S/C21H29FN4O3/c1-24(2)12-21-13-25(19(27)15-4-7-29-8-5-15)10-16(21)11-26(14-21)20(28)17-3-6-23-9-18(17)22/h3,6,9,15-16H,4-5,7-8,10-14H2,1-2H3/t16-,21+/m1/s1. The SMILES string of the molecule is CN(C)C[C@]12CN(C(=O)c3ccncc3F)C[C@H]1CN(C(=O)C1CCOCC1)C2. The van der Waals surface area contributed by atoms with Crippen LogP contribution >= 0.6 is 0 Å². The van der Waals surface area contributed by atoms with Gasteiger partial charge < -0.3 is 19.4 Å². The van der Waals surface area contributed by atoms with Gasteiger partial charge in [0.1, 0.15) is 0 Å². The van der Waals surface area contributed by atoms with Gasteiger partial charge in [-0.25, -0.2) is 4.39 Å². The minimum absolute atomic E-state index is 0.0441. The lowest BCUT2D eigenvalue weighted by molar-refractivity contribution is -0.138. The molecule has 4 rings (SSSR count). The number of likely N-dealkylation sites (tertiary alicyclic amines) is 2. The molecule has 0 spiro atoms. The number of rotatable bonds is 4. The Morgan fingerprint density at radius 3 is 2.62 bits per heavy atom. The molecule has 3 saturated heterocycles. The van der Waals surface area contributed by atoms with E-state index in [1.54, 1.807) is 4.90 Å². The Hall–Kier alpha value is -2.06. The maximum absolute atomic E-state index is 14.1. The van der Waals surface area contributed by atoms with E-state index in [9.17, 15) is 14.0 Å². The second kappa shape index (κ2) is 7.99. The van der Waals surface area contributed by atoms with E-state index in [1.807, 2.05) is 19.0 Å². The zero-order valence-electron chi connectivity index (χ0n) is 17.1. The van der Waals surface area contributed by atoms with Crippen molar-refractivity contribution < 1.29 is 18.7 Å². The van der Waals surface area contributed by atoms with Crippen molar-refractivity contribution in [3.63, 3.8) is 0 Å². The summed E-state index contributed by atoms with van der Waals surface area (Å²) in [5.41, 5.74) is -0.112. The molecule has 4 heterocycles. The van der Waals surface area contributed by atoms with E-state index in [2.05, 4.69) is 9.88 Å². The molecule has 0 aromatic carbocycles. The monoisotopic (exact) mass is 404 g/mol. The van der Waals surface area contributed by atoms with Crippen LogP contribution in [0.1, 0.15) is 23.2 Å². The van der Waals surface area contributed by atoms with E-state index in [-0.39, 0.29) is 34.6 Å². The number of nitrogens with zero attached hydrogens (tertiary/aromatic N) is 4. The lowest BCUT2D eigenvalue weighted by Crippen LogP contribution is -2.45. The molecular formula is C21H29FN4O3. The second-order valence-corrected chi connectivity index (χ2v) is 8.94. The van der Waals surface area contributed by atoms with E-state index >= 15 is 0 Å². The molecule has 1 aromatic heterocycles. The summed E-state index contributed by atoms with van der Waals surface area (Å²) < 4.78 is 19.5. The van der Waals surface area contributed by atoms with Crippen molar-refractivity contribution in [2.75, 3.05) is 60.0 Å². The highest BCUT2D eigenvalue weighted by atomic mass is 19.1. The van der Waals surface area contributed by atoms with Crippen LogP contribution in [-0.4, -0.2) is 91.5 Å². The summed E-state index contributed by atoms with van der Waals surface area (Å²) in [7, 11) is 4.03. The van der Waals surface area contributed by atoms with Gasteiger partial charge in [0.25, 0.3) is 5.91 Å². The number of pyridine rings is 1. The molecule has 0 radical (unpaired) electrons. The lowest BCUT2D eigenvalue weighted by atomic mass is 9.80. The molecule has 0 N–H and O–H groups in total. The minimum Gasteiger partial charge on any atom is -0.381 e. The summed E-state index contributed by atoms with van der Waals surface area (Å²) in [6.07, 6.45) is 4.09. The van der Waals surface area contributed by atoms with Crippen molar-refractivity contribution in [3.8, 4) is 0 Å². The number of ether oxygens (including phenoxy) is 1. The summed E-state index contributed by atoms with van der Waals surface area (Å²) in [6, 6.07) is 1.44. The maximum atomic E-state index is 14.1. The Kier molecular flexibility index (Phi) is 5.57. The van der Waals surface area contributed by atoms with Gasteiger partial charge in [-0.05, 0) is 33.0 Å². The van der Waals surface area contributed by atoms with Crippen LogP contribution < -0.4 is 0 Å². The first-order chi connectivity index (χ1) is 13.9. The van der Waals surface area contributed by atoms with Crippen molar-refractivity contribution in [2.24, 2.45) is 17.3 Å². The van der Waals surface area contributed by atoms with Crippen LogP contribution in [0.3, 0.4) is 0 Å². The van der Waals surface area contributed by atoms with Gasteiger partial charge in [-0.2, -0.15) is 0 Å². The molecule has 158 valence electrons. The number of carbonyl (C=O) groups is 2. The molecule has 0 bridgehead atoms. The molecule has 7 nitrogen and oxygen atoms in total. The van der Waals surface area contributed by atoms with Crippen LogP contribution in [0.25, 0.3) is 0 Å². The highest BCUT2D eigenvalue weighted by Crippen LogP contribution is 2.44. The topological polar surface area (TPSA) is 66.0 Å². The summed E-state index contributed by atoms with van der Waals surface area (Å²) >= 11 is 0. The summed E-state index contributed by atoms with van der Waals surface area (Å²) in [4.78, 5) is 35.6. The molecule has 3 aliphatic rings. The first-order valence-corrected chi connectivity index (χ1v) is 10.3. The quantitative estimate of drug-likeness (QED) is 0.752. The van der Waals surface area contributed by atoms with Gasteiger partial charge in [0.15, 0.2) is 5.82 Å². The molecule has 0 saturated carbocycles. The maximum Gasteiger partial charge on any atom is 0.256 e. The summed E-state index contributed by atoms with van der Waals surface area (Å²) in [6.45, 7) is 4.48. The Morgan fingerprint density at radius 1 is 1.24 bits per heavy atom. The number of hydrogen-bond acceptors (Lipinski definition) is 5. The Labute approximate surface area is 170 Å². The second-order valence-electron chi connectivity index (χ2n) is 8.94. The lowest BCUT2D eigenvalue weighted by Gasteiger charge is -2.33. The first-order valence-electron chi connectivity index (χ1n) is 10.3. The molecule has 1 aromatic rings. The summed E-state index contributed by atoms with van der Waals surface area (Å²) in [5, 5.41) is 0. The van der Waals surface area contributed by atoms with Crippen molar-refractivity contribution >= 4 is 11.8 Å². The van der Waals surface area contributed by atoms with Crippen LogP contribution in [0.4, 0.5) is 4.39 Å². The van der Waals surface area contributed by atoms with E-state index in [0.29, 0.717) is 39.4 Å². The molecule has 3 aliphatic heterocycles. The Morgan fingerprint density at radius 2 is 1.93 bits per heavy atom. The minimum atomic E-state index is -0.590. The van der Waals surface area contributed by atoms with Crippen LogP contribution in [0.15, 0.2) is 18.5 Å². The Balaban J connectivity index is 1.51. The van der Waals surface area contributed by atoms with Gasteiger partial charge in [0, 0.05) is 69.4 Å². The third kappa shape index (κ3) is 3.88. The third-order valence-electron chi connectivity index (χ3n) is 6.56. The fourth-order valence-corrected chi connectivity index (χ4v) is 5.28. The zero-order chi connectivity index (χ0) is 20.6. The zero-order valence-corrected chi connectivity index (χ0v) is 17.1. The summed E-state index contributed by atoms with van der Waals surface area (Å²) in [5.74, 6) is -0.420. The Bertz CT molecular complexity index is 783. The molecule has 8 heteroatoms. The number of hydrogen-bond donors (Lipinski definition) is 0. The number of halogens is 1. The average Bonchev–Trinajstić information content (AvgIpc) is 3.21. The highest BCUT2D eigenvalue weighted by molar-refractivity contribution is 5.94. The van der Waals surface area contributed by atoms with Gasteiger partial charge in [-0.3, -0.25) is 14.6 Å².